The van der Waals surface area contributed by atoms with Gasteiger partial charge < -0.3 is 0 Å². The number of fused-ring (bicyclic) bond motifs is 1. The molecule has 0 saturated heterocycles. The standard InChI is InChI=1S/C14H11N5S/c1-3-8-18-10(2)4-5-11-9-12(6-7-13(11)18)19-14(20)15-16-17-19/h1,4-7,9H,8H2,2H3/p+1. The fraction of sp³-hybridized carbons (Fsp3) is 0.143. The monoisotopic (exact) mass is 282 g/mol. The molecule has 0 aliphatic rings. The van der Waals surface area contributed by atoms with E-state index in [-0.39, 0.29) is 0 Å². The quantitative estimate of drug-likeness (QED) is 0.438. The van der Waals surface area contributed by atoms with Crippen LogP contribution in [0.3, 0.4) is 0 Å². The Hall–Kier alpha value is -2.39. The SMILES string of the molecule is C#CC[n+]1c(C)ccc2cc(-n3nnnc3S)ccc21. The van der Waals surface area contributed by atoms with Gasteiger partial charge in [-0.1, -0.05) is 0 Å². The van der Waals surface area contributed by atoms with Crippen molar-refractivity contribution in [3.8, 4) is 18.0 Å². The number of hydrogen-bond donors (Lipinski definition) is 1. The smallest absolute Gasteiger partial charge is 0.188 e. The van der Waals surface area contributed by atoms with Crippen molar-refractivity contribution < 1.29 is 4.57 Å². The number of nitrogens with zero attached hydrogens (tertiary/aromatic N) is 5. The zero-order valence-corrected chi connectivity index (χ0v) is 11.7. The molecule has 3 aromatic rings. The Morgan fingerprint density at radius 2 is 2.20 bits per heavy atom. The summed E-state index contributed by atoms with van der Waals surface area (Å²) in [5, 5.41) is 12.8. The third-order valence-electron chi connectivity index (χ3n) is 3.18. The Labute approximate surface area is 121 Å². The topological polar surface area (TPSA) is 47.5 Å². The largest absolute Gasteiger partial charge is 0.213 e. The lowest BCUT2D eigenvalue weighted by Gasteiger charge is -2.05. The van der Waals surface area contributed by atoms with E-state index in [4.69, 9.17) is 6.42 Å². The van der Waals surface area contributed by atoms with Crippen LogP contribution in [0.25, 0.3) is 16.6 Å². The molecular formula is C14H12N5S+. The van der Waals surface area contributed by atoms with Gasteiger partial charge in [-0.05, 0) is 34.5 Å². The van der Waals surface area contributed by atoms with E-state index >= 15 is 0 Å². The molecule has 5 nitrogen and oxygen atoms in total. The van der Waals surface area contributed by atoms with Crippen LogP contribution in [0.2, 0.25) is 0 Å². The van der Waals surface area contributed by atoms with Gasteiger partial charge in [-0.15, -0.1) is 24.2 Å². The third kappa shape index (κ3) is 2.02. The maximum absolute atomic E-state index is 5.44. The second kappa shape index (κ2) is 4.94. The maximum Gasteiger partial charge on any atom is 0.213 e. The van der Waals surface area contributed by atoms with E-state index < -0.39 is 0 Å². The van der Waals surface area contributed by atoms with Crippen molar-refractivity contribution >= 4 is 23.5 Å². The van der Waals surface area contributed by atoms with Gasteiger partial charge in [-0.25, -0.2) is 0 Å². The highest BCUT2D eigenvalue weighted by atomic mass is 32.1. The van der Waals surface area contributed by atoms with Gasteiger partial charge in [0.2, 0.25) is 17.2 Å². The van der Waals surface area contributed by atoms with Gasteiger partial charge in [0.25, 0.3) is 0 Å². The molecule has 0 unspecified atom stereocenters. The van der Waals surface area contributed by atoms with Crippen LogP contribution in [-0.4, -0.2) is 20.2 Å². The number of thiol groups is 1. The highest BCUT2D eigenvalue weighted by Gasteiger charge is 2.13. The van der Waals surface area contributed by atoms with E-state index in [0.717, 1.165) is 22.3 Å². The Bertz CT molecular complexity index is 831. The van der Waals surface area contributed by atoms with Crippen LogP contribution in [0.5, 0.6) is 0 Å². The van der Waals surface area contributed by atoms with Crippen molar-refractivity contribution in [1.29, 1.82) is 0 Å². The van der Waals surface area contributed by atoms with Crippen LogP contribution in [-0.2, 0) is 6.54 Å². The molecule has 3 rings (SSSR count). The lowest BCUT2D eigenvalue weighted by atomic mass is 10.1. The normalized spacial score (nSPS) is 10.7. The Morgan fingerprint density at radius 3 is 2.90 bits per heavy atom. The fourth-order valence-corrected chi connectivity index (χ4v) is 2.39. The molecule has 0 N–H and O–H groups in total. The molecule has 6 heteroatoms. The third-order valence-corrected chi connectivity index (χ3v) is 3.46. The first-order chi connectivity index (χ1) is 9.70. The van der Waals surface area contributed by atoms with E-state index in [0.29, 0.717) is 11.7 Å². The van der Waals surface area contributed by atoms with Gasteiger partial charge in [-0.2, -0.15) is 9.25 Å². The van der Waals surface area contributed by atoms with Crippen molar-refractivity contribution in [3.05, 3.63) is 36.0 Å². The molecule has 20 heavy (non-hydrogen) atoms. The minimum absolute atomic E-state index is 0.452. The molecule has 0 aliphatic heterocycles. The molecule has 1 aromatic carbocycles. The van der Waals surface area contributed by atoms with E-state index in [9.17, 15) is 0 Å². The molecule has 0 bridgehead atoms. The maximum atomic E-state index is 5.44. The number of rotatable bonds is 2. The predicted octanol–water partition coefficient (Wildman–Crippen LogP) is 1.33. The average molecular weight is 282 g/mol. The number of benzene rings is 1. The highest BCUT2D eigenvalue weighted by molar-refractivity contribution is 7.80. The summed E-state index contributed by atoms with van der Waals surface area (Å²) in [6.45, 7) is 2.59. The van der Waals surface area contributed by atoms with Crippen molar-refractivity contribution in [2.24, 2.45) is 0 Å². The molecule has 0 aliphatic carbocycles. The fourth-order valence-electron chi connectivity index (χ4n) is 2.19. The van der Waals surface area contributed by atoms with Crippen LogP contribution in [0.1, 0.15) is 5.69 Å². The van der Waals surface area contributed by atoms with Crippen LogP contribution in [0.15, 0.2) is 35.5 Å². The number of aromatic nitrogens is 5. The molecular weight excluding hydrogens is 270 g/mol. The van der Waals surface area contributed by atoms with E-state index in [1.165, 1.54) is 0 Å². The summed E-state index contributed by atoms with van der Waals surface area (Å²) in [7, 11) is 0. The molecule has 0 fully saturated rings. The number of pyridine rings is 1. The summed E-state index contributed by atoms with van der Waals surface area (Å²) in [5.74, 6) is 2.68. The average Bonchev–Trinajstić information content (AvgIpc) is 2.88. The molecule has 98 valence electrons. The lowest BCUT2D eigenvalue weighted by Crippen LogP contribution is -2.37. The Morgan fingerprint density at radius 1 is 1.35 bits per heavy atom. The first-order valence-electron chi connectivity index (χ1n) is 6.05. The summed E-state index contributed by atoms with van der Waals surface area (Å²) < 4.78 is 3.67. The van der Waals surface area contributed by atoms with Gasteiger partial charge in [-0.3, -0.25) is 0 Å². The molecule has 0 saturated carbocycles. The van der Waals surface area contributed by atoms with Gasteiger partial charge in [0.15, 0.2) is 5.69 Å². The molecule has 0 amide bonds. The van der Waals surface area contributed by atoms with Gasteiger partial charge in [0, 0.05) is 24.4 Å². The highest BCUT2D eigenvalue weighted by Crippen LogP contribution is 2.17. The van der Waals surface area contributed by atoms with E-state index in [1.807, 2.05) is 31.2 Å². The molecule has 2 aromatic heterocycles. The van der Waals surface area contributed by atoms with Gasteiger partial charge >= 0.3 is 0 Å². The van der Waals surface area contributed by atoms with Crippen LogP contribution in [0.4, 0.5) is 0 Å². The Balaban J connectivity index is 2.21. The summed E-state index contributed by atoms with van der Waals surface area (Å²) in [4.78, 5) is 0. The predicted molar refractivity (Wildman–Crippen MR) is 77.7 cm³/mol. The van der Waals surface area contributed by atoms with E-state index in [2.05, 4.69) is 44.7 Å². The van der Waals surface area contributed by atoms with Crippen LogP contribution >= 0.6 is 12.6 Å². The molecule has 0 atom stereocenters. The summed E-state index contributed by atoms with van der Waals surface area (Å²) in [6.07, 6.45) is 5.44. The van der Waals surface area contributed by atoms with Crippen LogP contribution < -0.4 is 4.57 Å². The zero-order chi connectivity index (χ0) is 14.1. The lowest BCUT2D eigenvalue weighted by molar-refractivity contribution is -0.664. The van der Waals surface area contributed by atoms with Crippen molar-refractivity contribution in [2.75, 3.05) is 0 Å². The van der Waals surface area contributed by atoms with Gasteiger partial charge in [0.05, 0.1) is 5.69 Å². The zero-order valence-electron chi connectivity index (χ0n) is 10.9. The van der Waals surface area contributed by atoms with Crippen molar-refractivity contribution in [1.82, 2.24) is 20.2 Å². The summed E-state index contributed by atoms with van der Waals surface area (Å²) in [6, 6.07) is 10.1. The van der Waals surface area contributed by atoms with Gasteiger partial charge in [0.1, 0.15) is 0 Å². The van der Waals surface area contributed by atoms with E-state index in [1.54, 1.807) is 4.68 Å². The second-order valence-corrected chi connectivity index (χ2v) is 4.80. The first kappa shape index (κ1) is 12.6. The Kier molecular flexibility index (Phi) is 3.12. The number of aryl methyl sites for hydroxylation is 1. The van der Waals surface area contributed by atoms with Crippen molar-refractivity contribution in [2.45, 2.75) is 18.6 Å². The number of terminal acetylenes is 1. The minimum Gasteiger partial charge on any atom is -0.188 e. The number of hydrogen-bond acceptors (Lipinski definition) is 4. The minimum atomic E-state index is 0.452. The van der Waals surface area contributed by atoms with Crippen molar-refractivity contribution in [3.63, 3.8) is 0 Å². The number of tetrazole rings is 1. The molecule has 0 spiro atoms. The molecule has 2 heterocycles. The van der Waals surface area contributed by atoms with Crippen LogP contribution in [0, 0.1) is 19.3 Å². The molecule has 0 radical (unpaired) electrons. The summed E-state index contributed by atoms with van der Waals surface area (Å²) in [5.41, 5.74) is 3.07. The first-order valence-corrected chi connectivity index (χ1v) is 6.50. The second-order valence-electron chi connectivity index (χ2n) is 4.40. The summed E-state index contributed by atoms with van der Waals surface area (Å²) >= 11 is 4.22.